The Balaban J connectivity index is 1.28. The number of hydrogen-bond acceptors (Lipinski definition) is 3. The van der Waals surface area contributed by atoms with Gasteiger partial charge in [-0.1, -0.05) is 41.9 Å². The van der Waals surface area contributed by atoms with Gasteiger partial charge in [0.2, 0.25) is 5.91 Å². The zero-order valence-electron chi connectivity index (χ0n) is 21.7. The average molecular weight is 496 g/mol. The van der Waals surface area contributed by atoms with E-state index in [2.05, 4.69) is 29.0 Å². The van der Waals surface area contributed by atoms with Gasteiger partial charge in [0.05, 0.1) is 16.0 Å². The molecule has 2 aliphatic rings. The number of amides is 2. The van der Waals surface area contributed by atoms with Crippen LogP contribution in [-0.2, 0) is 10.2 Å². The molecule has 1 aliphatic carbocycles. The Labute approximate surface area is 215 Å². The number of carbonyl (C=O) groups excluding carboxylic acids is 2. The van der Waals surface area contributed by atoms with Crippen LogP contribution >= 0.6 is 11.6 Å². The van der Waals surface area contributed by atoms with Gasteiger partial charge in [-0.15, -0.1) is 0 Å². The molecule has 0 bridgehead atoms. The number of likely N-dealkylation sites (tertiary alicyclic amines) is 1. The van der Waals surface area contributed by atoms with Crippen molar-refractivity contribution in [2.75, 3.05) is 45.7 Å². The fourth-order valence-corrected chi connectivity index (χ4v) is 5.87. The molecule has 2 aromatic carbocycles. The van der Waals surface area contributed by atoms with Crippen molar-refractivity contribution in [1.82, 2.24) is 9.80 Å². The summed E-state index contributed by atoms with van der Waals surface area (Å²) in [5, 5.41) is 0.492. The highest BCUT2D eigenvalue weighted by molar-refractivity contribution is 6.34. The molecule has 1 heterocycles. The van der Waals surface area contributed by atoms with E-state index >= 15 is 0 Å². The fourth-order valence-electron chi connectivity index (χ4n) is 5.62. The topological polar surface area (TPSA) is 43.9 Å². The van der Waals surface area contributed by atoms with Crippen LogP contribution < -0.4 is 4.90 Å². The van der Waals surface area contributed by atoms with E-state index in [9.17, 15) is 9.59 Å². The molecule has 6 heteroatoms. The third kappa shape index (κ3) is 5.20. The third-order valence-electron chi connectivity index (χ3n) is 8.28. The molecule has 0 aromatic heterocycles. The Kier molecular flexibility index (Phi) is 7.19. The lowest BCUT2D eigenvalue weighted by atomic mass is 9.81. The minimum absolute atomic E-state index is 0.0823. The standard InChI is InChI=1S/C29H38ClN3O2/c1-28(2,21-9-7-6-8-10-21)27(35)33-17-14-29(15-18-33)20-22(29)13-16-32(5)23-11-12-24(25(30)19-23)26(34)31(3)4/h6-12,19,22H,13-18,20H2,1-5H3. The SMILES string of the molecule is CN(C)C(=O)c1ccc(N(C)CCC2CC23CCN(C(=O)C(C)(C)c2ccccc2)CC3)cc1Cl. The molecule has 1 aliphatic heterocycles. The molecule has 1 saturated heterocycles. The summed E-state index contributed by atoms with van der Waals surface area (Å²) < 4.78 is 0. The highest BCUT2D eigenvalue weighted by Crippen LogP contribution is 2.61. The van der Waals surface area contributed by atoms with Gasteiger partial charge >= 0.3 is 0 Å². The third-order valence-corrected chi connectivity index (χ3v) is 8.59. The maximum atomic E-state index is 13.3. The van der Waals surface area contributed by atoms with E-state index in [0.717, 1.165) is 56.1 Å². The zero-order valence-corrected chi connectivity index (χ0v) is 22.4. The van der Waals surface area contributed by atoms with Gasteiger partial charge in [0, 0.05) is 46.5 Å². The second-order valence-corrected chi connectivity index (χ2v) is 11.5. The first-order valence-corrected chi connectivity index (χ1v) is 13.0. The van der Waals surface area contributed by atoms with E-state index in [1.54, 1.807) is 19.0 Å². The van der Waals surface area contributed by atoms with Crippen molar-refractivity contribution < 1.29 is 9.59 Å². The molecule has 0 radical (unpaired) electrons. The molecule has 4 rings (SSSR count). The quantitative estimate of drug-likeness (QED) is 0.511. The van der Waals surface area contributed by atoms with Crippen LogP contribution in [-0.4, -0.2) is 62.4 Å². The lowest BCUT2D eigenvalue weighted by molar-refractivity contribution is -0.138. The van der Waals surface area contributed by atoms with Crippen molar-refractivity contribution in [3.8, 4) is 0 Å². The molecular formula is C29H38ClN3O2. The minimum atomic E-state index is -0.495. The number of hydrogen-bond donors (Lipinski definition) is 0. The van der Waals surface area contributed by atoms with Crippen LogP contribution in [0.2, 0.25) is 5.02 Å². The van der Waals surface area contributed by atoms with E-state index < -0.39 is 5.41 Å². The molecule has 1 saturated carbocycles. The number of piperidine rings is 1. The van der Waals surface area contributed by atoms with Crippen LogP contribution in [0.3, 0.4) is 0 Å². The Morgan fingerprint density at radius 1 is 1.06 bits per heavy atom. The first kappa shape index (κ1) is 25.6. The minimum Gasteiger partial charge on any atom is -0.375 e. The van der Waals surface area contributed by atoms with E-state index in [0.29, 0.717) is 16.0 Å². The molecule has 188 valence electrons. The van der Waals surface area contributed by atoms with Crippen LogP contribution in [0, 0.1) is 11.3 Å². The molecule has 0 N–H and O–H groups in total. The van der Waals surface area contributed by atoms with Crippen LogP contribution in [0.4, 0.5) is 5.69 Å². The van der Waals surface area contributed by atoms with Gasteiger partial charge in [0.25, 0.3) is 5.91 Å². The van der Waals surface area contributed by atoms with Gasteiger partial charge in [-0.3, -0.25) is 9.59 Å². The largest absolute Gasteiger partial charge is 0.375 e. The van der Waals surface area contributed by atoms with Gasteiger partial charge in [0.15, 0.2) is 0 Å². The Hall–Kier alpha value is -2.53. The summed E-state index contributed by atoms with van der Waals surface area (Å²) in [5.41, 5.74) is 2.56. The number of halogens is 1. The predicted octanol–water partition coefficient (Wildman–Crippen LogP) is 5.47. The average Bonchev–Trinajstić information content (AvgIpc) is 3.53. The summed E-state index contributed by atoms with van der Waals surface area (Å²) in [6.45, 7) is 6.75. The maximum absolute atomic E-state index is 13.3. The smallest absolute Gasteiger partial charge is 0.254 e. The van der Waals surface area contributed by atoms with Crippen LogP contribution in [0.15, 0.2) is 48.5 Å². The Bertz CT molecular complexity index is 1070. The van der Waals surface area contributed by atoms with E-state index in [4.69, 9.17) is 11.6 Å². The molecule has 5 nitrogen and oxygen atoms in total. The maximum Gasteiger partial charge on any atom is 0.254 e. The summed E-state index contributed by atoms with van der Waals surface area (Å²) >= 11 is 6.41. The summed E-state index contributed by atoms with van der Waals surface area (Å²) in [5.74, 6) is 0.874. The molecule has 1 spiro atoms. The predicted molar refractivity (Wildman–Crippen MR) is 143 cm³/mol. The van der Waals surface area contributed by atoms with Gasteiger partial charge in [-0.05, 0) is 74.6 Å². The highest BCUT2D eigenvalue weighted by atomic mass is 35.5. The van der Waals surface area contributed by atoms with Crippen molar-refractivity contribution in [2.24, 2.45) is 11.3 Å². The van der Waals surface area contributed by atoms with Crippen molar-refractivity contribution in [3.05, 3.63) is 64.7 Å². The van der Waals surface area contributed by atoms with E-state index in [1.807, 2.05) is 50.2 Å². The molecular weight excluding hydrogens is 458 g/mol. The van der Waals surface area contributed by atoms with Gasteiger partial charge in [0.1, 0.15) is 0 Å². The molecule has 1 atom stereocenters. The van der Waals surface area contributed by atoms with Crippen LogP contribution in [0.1, 0.15) is 55.5 Å². The number of benzene rings is 2. The summed E-state index contributed by atoms with van der Waals surface area (Å²) in [6.07, 6.45) is 4.61. The van der Waals surface area contributed by atoms with E-state index in [1.165, 1.54) is 6.42 Å². The van der Waals surface area contributed by atoms with Gasteiger partial charge < -0.3 is 14.7 Å². The molecule has 2 amide bonds. The first-order valence-electron chi connectivity index (χ1n) is 12.6. The van der Waals surface area contributed by atoms with Gasteiger partial charge in [-0.25, -0.2) is 0 Å². The zero-order chi connectivity index (χ0) is 25.4. The molecule has 2 fully saturated rings. The van der Waals surface area contributed by atoms with E-state index in [-0.39, 0.29) is 11.8 Å². The van der Waals surface area contributed by atoms with Crippen molar-refractivity contribution >= 4 is 29.1 Å². The summed E-state index contributed by atoms with van der Waals surface area (Å²) in [4.78, 5) is 31.4. The Morgan fingerprint density at radius 3 is 2.31 bits per heavy atom. The lowest BCUT2D eigenvalue weighted by Crippen LogP contribution is -2.47. The Morgan fingerprint density at radius 2 is 1.71 bits per heavy atom. The molecule has 1 unspecified atom stereocenters. The fraction of sp³-hybridized carbons (Fsp3) is 0.517. The van der Waals surface area contributed by atoms with Crippen molar-refractivity contribution in [1.29, 1.82) is 0 Å². The van der Waals surface area contributed by atoms with Gasteiger partial charge in [-0.2, -0.15) is 0 Å². The monoisotopic (exact) mass is 495 g/mol. The molecule has 2 aromatic rings. The first-order chi connectivity index (χ1) is 16.5. The number of anilines is 1. The van der Waals surface area contributed by atoms with Crippen LogP contribution in [0.5, 0.6) is 0 Å². The normalized spacial score (nSPS) is 18.9. The highest BCUT2D eigenvalue weighted by Gasteiger charge is 2.54. The second-order valence-electron chi connectivity index (χ2n) is 11.1. The van der Waals surface area contributed by atoms with Crippen LogP contribution in [0.25, 0.3) is 0 Å². The second kappa shape index (κ2) is 9.85. The summed E-state index contributed by atoms with van der Waals surface area (Å²) in [6, 6.07) is 15.8. The number of rotatable bonds is 7. The lowest BCUT2D eigenvalue weighted by Gasteiger charge is -2.38. The number of carbonyl (C=O) groups is 2. The number of nitrogens with zero attached hydrogens (tertiary/aromatic N) is 3. The van der Waals surface area contributed by atoms with Crippen molar-refractivity contribution in [2.45, 2.75) is 44.9 Å². The molecule has 35 heavy (non-hydrogen) atoms. The van der Waals surface area contributed by atoms with Crippen molar-refractivity contribution in [3.63, 3.8) is 0 Å². The summed E-state index contributed by atoms with van der Waals surface area (Å²) in [7, 11) is 5.55.